The Balaban J connectivity index is 2.25. The fraction of sp³-hybridized carbons (Fsp3) is 0.154. The molecule has 0 spiro atoms. The van der Waals surface area contributed by atoms with Crippen LogP contribution in [-0.4, -0.2) is 45.9 Å². The van der Waals surface area contributed by atoms with Crippen LogP contribution in [0.3, 0.4) is 0 Å². The zero-order valence-electron chi connectivity index (χ0n) is 10.9. The van der Waals surface area contributed by atoms with E-state index in [1.54, 1.807) is 0 Å². The molecule has 1 aliphatic heterocycles. The highest BCUT2D eigenvalue weighted by Gasteiger charge is 2.36. The molecule has 1 heterocycles. The van der Waals surface area contributed by atoms with Crippen LogP contribution < -0.4 is 0 Å². The van der Waals surface area contributed by atoms with Gasteiger partial charge in [-0.1, -0.05) is 0 Å². The molecule has 2 amide bonds. The monoisotopic (exact) mass is 309 g/mol. The number of thioether (sulfide) groups is 1. The number of hydrogen-bond donors (Lipinski definition) is 2. The average Bonchev–Trinajstić information content (AvgIpc) is 2.69. The van der Waals surface area contributed by atoms with Crippen LogP contribution in [0, 0.1) is 0 Å². The molecule has 7 nitrogen and oxygen atoms in total. The molecule has 0 atom stereocenters. The number of rotatable bonds is 3. The minimum atomic E-state index is -0.703. The molecule has 8 heteroatoms. The van der Waals surface area contributed by atoms with Gasteiger partial charge in [-0.05, 0) is 30.0 Å². The lowest BCUT2D eigenvalue weighted by Gasteiger charge is -2.09. The highest BCUT2D eigenvalue weighted by atomic mass is 32.2. The van der Waals surface area contributed by atoms with Crippen LogP contribution in [-0.2, 0) is 14.3 Å². The molecule has 0 unspecified atom stereocenters. The van der Waals surface area contributed by atoms with Crippen molar-refractivity contribution in [3.8, 4) is 11.5 Å². The molecule has 2 rings (SSSR count). The third-order valence-electron chi connectivity index (χ3n) is 2.69. The van der Waals surface area contributed by atoms with Crippen LogP contribution in [0.2, 0.25) is 0 Å². The molecule has 0 bridgehead atoms. The fourth-order valence-electron chi connectivity index (χ4n) is 1.63. The molecule has 2 N–H and O–H groups in total. The van der Waals surface area contributed by atoms with Gasteiger partial charge in [-0.2, -0.15) is 0 Å². The Morgan fingerprint density at radius 3 is 2.71 bits per heavy atom. The number of phenols is 2. The van der Waals surface area contributed by atoms with Gasteiger partial charge in [-0.25, -0.2) is 0 Å². The van der Waals surface area contributed by atoms with Crippen molar-refractivity contribution in [1.29, 1.82) is 0 Å². The highest BCUT2D eigenvalue weighted by Crippen LogP contribution is 2.34. The Kier molecular flexibility index (Phi) is 4.18. The van der Waals surface area contributed by atoms with Gasteiger partial charge in [0.1, 0.15) is 18.0 Å². The molecule has 0 saturated carbocycles. The van der Waals surface area contributed by atoms with E-state index in [0.29, 0.717) is 11.8 Å². The summed E-state index contributed by atoms with van der Waals surface area (Å²) in [5, 5.41) is 18.3. The van der Waals surface area contributed by atoms with E-state index >= 15 is 0 Å². The van der Waals surface area contributed by atoms with E-state index in [2.05, 4.69) is 4.74 Å². The van der Waals surface area contributed by atoms with Crippen LogP contribution in [0.5, 0.6) is 11.5 Å². The van der Waals surface area contributed by atoms with Gasteiger partial charge in [-0.3, -0.25) is 19.3 Å². The first-order valence-electron chi connectivity index (χ1n) is 5.76. The van der Waals surface area contributed by atoms with Gasteiger partial charge in [-0.15, -0.1) is 0 Å². The number of esters is 1. The third kappa shape index (κ3) is 3.16. The molecule has 21 heavy (non-hydrogen) atoms. The van der Waals surface area contributed by atoms with Gasteiger partial charge >= 0.3 is 5.97 Å². The minimum Gasteiger partial charge on any atom is -0.508 e. The Morgan fingerprint density at radius 1 is 1.38 bits per heavy atom. The smallest absolute Gasteiger partial charge is 0.325 e. The maximum atomic E-state index is 12.0. The van der Waals surface area contributed by atoms with Gasteiger partial charge in [0.05, 0.1) is 12.0 Å². The number of nitrogens with zero attached hydrogens (tertiary/aromatic N) is 1. The summed E-state index contributed by atoms with van der Waals surface area (Å²) in [7, 11) is 1.16. The van der Waals surface area contributed by atoms with Crippen LogP contribution in [0.15, 0.2) is 23.1 Å². The quantitative estimate of drug-likeness (QED) is 0.640. The maximum absolute atomic E-state index is 12.0. The molecular weight excluding hydrogens is 298 g/mol. The van der Waals surface area contributed by atoms with Crippen molar-refractivity contribution in [2.24, 2.45) is 0 Å². The summed E-state index contributed by atoms with van der Waals surface area (Å²) in [6.45, 7) is -0.458. The standard InChI is InChI=1S/C13H11NO6S/c1-20-11(17)6-14-12(18)10(21-13(14)19)4-7-2-3-8(15)5-9(7)16/h2-5,15-16H,6H2,1H3/b10-4-. The van der Waals surface area contributed by atoms with Gasteiger partial charge in [0.2, 0.25) is 0 Å². The molecule has 110 valence electrons. The largest absolute Gasteiger partial charge is 0.508 e. The summed E-state index contributed by atoms with van der Waals surface area (Å²) in [5.74, 6) is -1.69. The number of carbonyl (C=O) groups is 3. The van der Waals surface area contributed by atoms with Crippen molar-refractivity contribution in [3.05, 3.63) is 28.7 Å². The summed E-state index contributed by atoms with van der Waals surface area (Å²) in [6, 6.07) is 3.85. The third-order valence-corrected chi connectivity index (χ3v) is 3.60. The van der Waals surface area contributed by atoms with E-state index in [1.165, 1.54) is 18.2 Å². The molecule has 1 saturated heterocycles. The van der Waals surface area contributed by atoms with E-state index < -0.39 is 23.7 Å². The van der Waals surface area contributed by atoms with Gasteiger partial charge in [0.15, 0.2) is 0 Å². The van der Waals surface area contributed by atoms with Gasteiger partial charge < -0.3 is 14.9 Å². The molecular formula is C13H11NO6S. The first kappa shape index (κ1) is 14.9. The van der Waals surface area contributed by atoms with E-state index in [1.807, 2.05) is 0 Å². The Hall–Kier alpha value is -2.48. The van der Waals surface area contributed by atoms with Crippen LogP contribution in [0.1, 0.15) is 5.56 Å². The second-order valence-corrected chi connectivity index (χ2v) is 5.08. The summed E-state index contributed by atoms with van der Waals surface area (Å²) in [4.78, 5) is 35.7. The van der Waals surface area contributed by atoms with Gasteiger partial charge in [0, 0.05) is 11.6 Å². The predicted octanol–water partition coefficient (Wildman–Crippen LogP) is 1.31. The number of aromatic hydroxyl groups is 2. The number of benzene rings is 1. The van der Waals surface area contributed by atoms with Crippen molar-refractivity contribution in [2.45, 2.75) is 0 Å². The summed E-state index contributed by atoms with van der Waals surface area (Å²) < 4.78 is 4.41. The van der Waals surface area contributed by atoms with E-state index in [0.717, 1.165) is 18.1 Å². The number of methoxy groups -OCH3 is 1. The number of hydrogen-bond acceptors (Lipinski definition) is 7. The van der Waals surface area contributed by atoms with Crippen molar-refractivity contribution in [3.63, 3.8) is 0 Å². The second kappa shape index (κ2) is 5.88. The molecule has 1 aromatic carbocycles. The lowest BCUT2D eigenvalue weighted by Crippen LogP contribution is -2.34. The van der Waals surface area contributed by atoms with E-state index in [4.69, 9.17) is 0 Å². The number of carbonyl (C=O) groups excluding carboxylic acids is 3. The minimum absolute atomic E-state index is 0.0740. The average molecular weight is 309 g/mol. The molecule has 0 aromatic heterocycles. The summed E-state index contributed by atoms with van der Waals surface area (Å²) in [6.07, 6.45) is 1.32. The van der Waals surface area contributed by atoms with Crippen molar-refractivity contribution in [2.75, 3.05) is 13.7 Å². The zero-order valence-corrected chi connectivity index (χ0v) is 11.7. The van der Waals surface area contributed by atoms with Crippen LogP contribution in [0.4, 0.5) is 4.79 Å². The number of phenolic OH excluding ortho intramolecular Hbond substituents is 2. The van der Waals surface area contributed by atoms with Crippen molar-refractivity contribution in [1.82, 2.24) is 4.90 Å². The molecule has 1 aromatic rings. The van der Waals surface area contributed by atoms with E-state index in [9.17, 15) is 24.6 Å². The summed E-state index contributed by atoms with van der Waals surface area (Å²) in [5.41, 5.74) is 0.274. The van der Waals surface area contributed by atoms with Crippen LogP contribution >= 0.6 is 11.8 Å². The van der Waals surface area contributed by atoms with E-state index in [-0.39, 0.29) is 22.0 Å². The molecule has 0 aliphatic carbocycles. The maximum Gasteiger partial charge on any atom is 0.325 e. The number of amides is 2. The summed E-state index contributed by atoms with van der Waals surface area (Å²) >= 11 is 0.659. The normalized spacial score (nSPS) is 16.6. The number of imide groups is 1. The van der Waals surface area contributed by atoms with Crippen LogP contribution in [0.25, 0.3) is 6.08 Å². The first-order chi connectivity index (χ1) is 9.92. The zero-order chi connectivity index (χ0) is 15.6. The van der Waals surface area contributed by atoms with Crippen molar-refractivity contribution < 1.29 is 29.3 Å². The molecule has 1 aliphatic rings. The lowest BCUT2D eigenvalue weighted by molar-refractivity contribution is -0.143. The topological polar surface area (TPSA) is 104 Å². The highest BCUT2D eigenvalue weighted by molar-refractivity contribution is 8.18. The first-order valence-corrected chi connectivity index (χ1v) is 6.58. The Morgan fingerprint density at radius 2 is 2.10 bits per heavy atom. The Bertz CT molecular complexity index is 654. The fourth-order valence-corrected chi connectivity index (χ4v) is 2.45. The second-order valence-electron chi connectivity index (χ2n) is 4.09. The Labute approximate surface area is 123 Å². The lowest BCUT2D eigenvalue weighted by atomic mass is 10.1. The molecule has 0 radical (unpaired) electrons. The predicted molar refractivity (Wildman–Crippen MR) is 74.5 cm³/mol. The van der Waals surface area contributed by atoms with Crippen molar-refractivity contribution >= 4 is 35.0 Å². The molecule has 1 fully saturated rings. The SMILES string of the molecule is COC(=O)CN1C(=O)S/C(=C\c2ccc(O)cc2O)C1=O. The number of ether oxygens (including phenoxy) is 1. The van der Waals surface area contributed by atoms with Gasteiger partial charge in [0.25, 0.3) is 11.1 Å².